The van der Waals surface area contributed by atoms with Crippen LogP contribution in [0.5, 0.6) is 0 Å². The minimum Gasteiger partial charge on any atom is -0.338 e. The van der Waals surface area contributed by atoms with Crippen molar-refractivity contribution in [2.45, 2.75) is 30.2 Å². The van der Waals surface area contributed by atoms with E-state index in [2.05, 4.69) is 10.6 Å². The maximum Gasteiger partial charge on any atom is 0.315 e. The first-order chi connectivity index (χ1) is 9.22. The van der Waals surface area contributed by atoms with Gasteiger partial charge < -0.3 is 10.6 Å². The minimum absolute atomic E-state index is 0.0776. The van der Waals surface area contributed by atoms with Crippen LogP contribution in [0.4, 0.5) is 9.18 Å². The van der Waals surface area contributed by atoms with Gasteiger partial charge in [-0.1, -0.05) is 0 Å². The van der Waals surface area contributed by atoms with Crippen molar-refractivity contribution < 1.29 is 9.18 Å². The molecule has 0 unspecified atom stereocenters. The molecule has 2 amide bonds. The first-order valence-electron chi connectivity index (χ1n) is 6.69. The van der Waals surface area contributed by atoms with Crippen LogP contribution in [0.2, 0.25) is 0 Å². The Morgan fingerprint density at radius 1 is 1.37 bits per heavy atom. The van der Waals surface area contributed by atoms with Gasteiger partial charge in [-0.05, 0) is 48.9 Å². The van der Waals surface area contributed by atoms with Crippen molar-refractivity contribution in [1.82, 2.24) is 10.6 Å². The summed E-state index contributed by atoms with van der Waals surface area (Å²) in [6.07, 6.45) is 3.28. The fourth-order valence-corrected chi connectivity index (χ4v) is 3.39. The van der Waals surface area contributed by atoms with E-state index in [0.717, 1.165) is 29.2 Å². The van der Waals surface area contributed by atoms with E-state index in [0.29, 0.717) is 5.92 Å². The zero-order valence-electron chi connectivity index (χ0n) is 10.6. The second-order valence-electron chi connectivity index (χ2n) is 5.17. The standard InChI is InChI=1S/C14H17FN2OS/c15-10-3-4-13-11(7-10)12(5-6-19-13)17-14(18)16-8-9-1-2-9/h3-4,7,9,12H,1-2,5-6,8H2,(H2,16,17,18)/t12-/m0/s1. The summed E-state index contributed by atoms with van der Waals surface area (Å²) in [5.74, 6) is 1.37. The van der Waals surface area contributed by atoms with E-state index < -0.39 is 0 Å². The van der Waals surface area contributed by atoms with E-state index in [1.165, 1.54) is 25.0 Å². The first kappa shape index (κ1) is 12.8. The quantitative estimate of drug-likeness (QED) is 0.893. The molecule has 1 saturated carbocycles. The Morgan fingerprint density at radius 2 is 2.21 bits per heavy atom. The van der Waals surface area contributed by atoms with Crippen LogP contribution in [0.25, 0.3) is 0 Å². The average molecular weight is 280 g/mol. The number of carbonyl (C=O) groups excluding carboxylic acids is 1. The number of urea groups is 1. The molecular formula is C14H17FN2OS. The molecule has 1 aliphatic heterocycles. The zero-order chi connectivity index (χ0) is 13.2. The second-order valence-corrected chi connectivity index (χ2v) is 6.31. The molecule has 0 aromatic heterocycles. The highest BCUT2D eigenvalue weighted by Gasteiger charge is 2.25. The summed E-state index contributed by atoms with van der Waals surface area (Å²) >= 11 is 1.72. The second kappa shape index (κ2) is 5.41. The largest absolute Gasteiger partial charge is 0.338 e. The Labute approximate surface area is 116 Å². The van der Waals surface area contributed by atoms with Crippen molar-refractivity contribution in [1.29, 1.82) is 0 Å². The molecule has 1 aliphatic carbocycles. The molecule has 5 heteroatoms. The summed E-state index contributed by atoms with van der Waals surface area (Å²) in [4.78, 5) is 12.9. The van der Waals surface area contributed by atoms with Gasteiger partial charge in [0.05, 0.1) is 6.04 Å². The van der Waals surface area contributed by atoms with Crippen molar-refractivity contribution in [3.05, 3.63) is 29.6 Å². The third-order valence-electron chi connectivity index (χ3n) is 3.56. The summed E-state index contributed by atoms with van der Waals surface area (Å²) in [6.45, 7) is 0.753. The molecular weight excluding hydrogens is 263 g/mol. The number of nitrogens with one attached hydrogen (secondary N) is 2. The molecule has 0 saturated heterocycles. The lowest BCUT2D eigenvalue weighted by atomic mass is 10.0. The van der Waals surface area contributed by atoms with Gasteiger partial charge in [-0.15, -0.1) is 11.8 Å². The molecule has 1 fully saturated rings. The molecule has 19 heavy (non-hydrogen) atoms. The zero-order valence-corrected chi connectivity index (χ0v) is 11.4. The van der Waals surface area contributed by atoms with E-state index in [4.69, 9.17) is 0 Å². The highest BCUT2D eigenvalue weighted by atomic mass is 32.2. The van der Waals surface area contributed by atoms with Gasteiger partial charge in [0.25, 0.3) is 0 Å². The topological polar surface area (TPSA) is 41.1 Å². The predicted molar refractivity (Wildman–Crippen MR) is 73.7 cm³/mol. The van der Waals surface area contributed by atoms with Crippen LogP contribution < -0.4 is 10.6 Å². The van der Waals surface area contributed by atoms with E-state index in [1.54, 1.807) is 17.8 Å². The normalized spacial score (nSPS) is 21.6. The average Bonchev–Trinajstić information content (AvgIpc) is 3.21. The van der Waals surface area contributed by atoms with Crippen molar-refractivity contribution in [3.8, 4) is 0 Å². The summed E-state index contributed by atoms with van der Waals surface area (Å²) in [5, 5.41) is 5.84. The van der Waals surface area contributed by atoms with Crippen LogP contribution >= 0.6 is 11.8 Å². The monoisotopic (exact) mass is 280 g/mol. The maximum absolute atomic E-state index is 13.3. The molecule has 3 nitrogen and oxygen atoms in total. The molecule has 1 aromatic carbocycles. The molecule has 1 heterocycles. The van der Waals surface area contributed by atoms with E-state index >= 15 is 0 Å². The molecule has 2 N–H and O–H groups in total. The lowest BCUT2D eigenvalue weighted by Gasteiger charge is -2.26. The van der Waals surface area contributed by atoms with Gasteiger partial charge in [-0.3, -0.25) is 0 Å². The van der Waals surface area contributed by atoms with Gasteiger partial charge in [0.15, 0.2) is 0 Å². The number of thioether (sulfide) groups is 1. The number of rotatable bonds is 3. The van der Waals surface area contributed by atoms with Crippen molar-refractivity contribution in [3.63, 3.8) is 0 Å². The minimum atomic E-state index is -0.244. The molecule has 0 bridgehead atoms. The Hall–Kier alpha value is -1.23. The molecule has 0 radical (unpaired) electrons. The van der Waals surface area contributed by atoms with Crippen molar-refractivity contribution in [2.75, 3.05) is 12.3 Å². The summed E-state index contributed by atoms with van der Waals surface area (Å²) in [6, 6.07) is 4.59. The van der Waals surface area contributed by atoms with Gasteiger partial charge in [-0.2, -0.15) is 0 Å². The molecule has 0 spiro atoms. The Bertz CT molecular complexity index is 490. The fraction of sp³-hybridized carbons (Fsp3) is 0.500. The summed E-state index contributed by atoms with van der Waals surface area (Å²) in [7, 11) is 0. The van der Waals surface area contributed by atoms with Gasteiger partial charge in [-0.25, -0.2) is 9.18 Å². The molecule has 2 aliphatic rings. The van der Waals surface area contributed by atoms with Crippen LogP contribution in [-0.4, -0.2) is 18.3 Å². The number of amides is 2. The van der Waals surface area contributed by atoms with Crippen LogP contribution in [0.15, 0.2) is 23.1 Å². The van der Waals surface area contributed by atoms with Crippen molar-refractivity contribution in [2.24, 2.45) is 5.92 Å². The Morgan fingerprint density at radius 3 is 3.00 bits per heavy atom. The van der Waals surface area contributed by atoms with E-state index in [1.807, 2.05) is 0 Å². The number of carbonyl (C=O) groups is 1. The third kappa shape index (κ3) is 3.21. The van der Waals surface area contributed by atoms with E-state index in [-0.39, 0.29) is 17.9 Å². The first-order valence-corrected chi connectivity index (χ1v) is 7.67. The van der Waals surface area contributed by atoms with Gasteiger partial charge >= 0.3 is 6.03 Å². The van der Waals surface area contributed by atoms with Crippen LogP contribution in [0, 0.1) is 11.7 Å². The van der Waals surface area contributed by atoms with Gasteiger partial charge in [0.1, 0.15) is 5.82 Å². The molecule has 3 rings (SSSR count). The third-order valence-corrected chi connectivity index (χ3v) is 4.69. The summed E-state index contributed by atoms with van der Waals surface area (Å²) < 4.78 is 13.3. The predicted octanol–water partition coefficient (Wildman–Crippen LogP) is 3.07. The van der Waals surface area contributed by atoms with Crippen molar-refractivity contribution >= 4 is 17.8 Å². The number of hydrogen-bond donors (Lipinski definition) is 2. The Kier molecular flexibility index (Phi) is 3.64. The SMILES string of the molecule is O=C(NCC1CC1)N[C@H]1CCSc2ccc(F)cc21. The number of fused-ring (bicyclic) bond motifs is 1. The maximum atomic E-state index is 13.3. The van der Waals surface area contributed by atoms with Crippen LogP contribution in [-0.2, 0) is 0 Å². The summed E-state index contributed by atoms with van der Waals surface area (Å²) in [5.41, 5.74) is 0.901. The smallest absolute Gasteiger partial charge is 0.315 e. The molecule has 102 valence electrons. The van der Waals surface area contributed by atoms with E-state index in [9.17, 15) is 9.18 Å². The van der Waals surface area contributed by atoms with Gasteiger partial charge in [0.2, 0.25) is 0 Å². The van der Waals surface area contributed by atoms with Crippen LogP contribution in [0.1, 0.15) is 30.9 Å². The lowest BCUT2D eigenvalue weighted by molar-refractivity contribution is 0.236. The molecule has 1 atom stereocenters. The number of hydrogen-bond acceptors (Lipinski definition) is 2. The highest BCUT2D eigenvalue weighted by molar-refractivity contribution is 7.99. The highest BCUT2D eigenvalue weighted by Crippen LogP contribution is 2.36. The fourth-order valence-electron chi connectivity index (χ4n) is 2.28. The van der Waals surface area contributed by atoms with Crippen LogP contribution in [0.3, 0.4) is 0 Å². The number of benzene rings is 1. The number of halogens is 1. The Balaban J connectivity index is 1.64. The molecule has 1 aromatic rings. The lowest BCUT2D eigenvalue weighted by Crippen LogP contribution is -2.39. The van der Waals surface area contributed by atoms with Gasteiger partial charge in [0, 0.05) is 17.2 Å².